The van der Waals surface area contributed by atoms with Crippen LogP contribution in [0.4, 0.5) is 0 Å². The first-order chi connectivity index (χ1) is 11.5. The van der Waals surface area contributed by atoms with E-state index in [-0.39, 0.29) is 5.91 Å². The van der Waals surface area contributed by atoms with Crippen molar-refractivity contribution in [1.82, 2.24) is 15.1 Å². The molecule has 0 bridgehead atoms. The van der Waals surface area contributed by atoms with Crippen LogP contribution in [0.2, 0.25) is 0 Å². The monoisotopic (exact) mass is 331 g/mol. The lowest BCUT2D eigenvalue weighted by molar-refractivity contribution is 0.0952. The smallest absolute Gasteiger partial charge is 0.251 e. The van der Waals surface area contributed by atoms with Gasteiger partial charge >= 0.3 is 0 Å². The summed E-state index contributed by atoms with van der Waals surface area (Å²) in [5, 5.41) is 7.33. The first kappa shape index (κ1) is 17.8. The Bertz CT molecular complexity index is 695. The summed E-state index contributed by atoms with van der Waals surface area (Å²) >= 11 is 0. The Morgan fingerprint density at radius 3 is 2.67 bits per heavy atom. The Balaban J connectivity index is 1.87. The van der Waals surface area contributed by atoms with Crippen molar-refractivity contribution in [3.63, 3.8) is 0 Å². The van der Waals surface area contributed by atoms with Gasteiger partial charge in [0.1, 0.15) is 0 Å². The first-order valence-electron chi connectivity index (χ1n) is 8.15. The molecule has 1 N–H and O–H groups in total. The summed E-state index contributed by atoms with van der Waals surface area (Å²) in [6, 6.07) is 7.24. The van der Waals surface area contributed by atoms with E-state index in [0.29, 0.717) is 30.2 Å². The van der Waals surface area contributed by atoms with Crippen LogP contribution in [0.5, 0.6) is 11.5 Å². The molecule has 0 aliphatic carbocycles. The van der Waals surface area contributed by atoms with Crippen LogP contribution < -0.4 is 14.8 Å². The molecule has 6 heteroatoms. The Morgan fingerprint density at radius 2 is 2.04 bits per heavy atom. The molecule has 2 aromatic rings. The van der Waals surface area contributed by atoms with Crippen LogP contribution in [0.3, 0.4) is 0 Å². The molecular formula is C18H25N3O3. The third kappa shape index (κ3) is 4.50. The van der Waals surface area contributed by atoms with Crippen LogP contribution in [0.1, 0.15) is 35.1 Å². The van der Waals surface area contributed by atoms with Gasteiger partial charge in [-0.05, 0) is 51.5 Å². The van der Waals surface area contributed by atoms with Crippen molar-refractivity contribution in [2.75, 3.05) is 20.3 Å². The number of benzene rings is 1. The standard InChI is InChI=1S/C18H25N3O3/c1-5-24-16-8-7-15(12-17(16)23-4)18(22)19-9-6-10-21-14(3)11-13(2)20-21/h7-8,11-12H,5-6,9-10H2,1-4H3,(H,19,22). The van der Waals surface area contributed by atoms with E-state index in [4.69, 9.17) is 9.47 Å². The van der Waals surface area contributed by atoms with Crippen LogP contribution in [-0.4, -0.2) is 35.9 Å². The van der Waals surface area contributed by atoms with Crippen molar-refractivity contribution in [3.05, 3.63) is 41.2 Å². The molecule has 1 heterocycles. The Labute approximate surface area is 142 Å². The lowest BCUT2D eigenvalue weighted by Crippen LogP contribution is -2.25. The van der Waals surface area contributed by atoms with Gasteiger partial charge in [0.15, 0.2) is 11.5 Å². The summed E-state index contributed by atoms with van der Waals surface area (Å²) in [5.41, 5.74) is 2.70. The van der Waals surface area contributed by atoms with Gasteiger partial charge in [-0.15, -0.1) is 0 Å². The minimum absolute atomic E-state index is 0.121. The second kappa shape index (κ2) is 8.38. The second-order valence-corrected chi connectivity index (χ2v) is 5.56. The number of carbonyl (C=O) groups excluding carboxylic acids is 1. The maximum absolute atomic E-state index is 12.2. The fourth-order valence-electron chi connectivity index (χ4n) is 2.52. The molecule has 130 valence electrons. The molecule has 6 nitrogen and oxygen atoms in total. The van der Waals surface area contributed by atoms with Crippen molar-refractivity contribution in [3.8, 4) is 11.5 Å². The minimum Gasteiger partial charge on any atom is -0.493 e. The number of aromatic nitrogens is 2. The summed E-state index contributed by atoms with van der Waals surface area (Å²) in [6.07, 6.45) is 0.821. The Morgan fingerprint density at radius 1 is 1.25 bits per heavy atom. The van der Waals surface area contributed by atoms with Crippen LogP contribution in [-0.2, 0) is 6.54 Å². The van der Waals surface area contributed by atoms with Crippen LogP contribution in [0.25, 0.3) is 0 Å². The van der Waals surface area contributed by atoms with Crippen LogP contribution >= 0.6 is 0 Å². The number of carbonyl (C=O) groups is 1. The highest BCUT2D eigenvalue weighted by Gasteiger charge is 2.10. The zero-order valence-corrected chi connectivity index (χ0v) is 14.8. The maximum Gasteiger partial charge on any atom is 0.251 e. The molecule has 0 saturated carbocycles. The molecule has 0 aliphatic rings. The van der Waals surface area contributed by atoms with E-state index in [0.717, 1.165) is 24.4 Å². The van der Waals surface area contributed by atoms with Crippen LogP contribution in [0.15, 0.2) is 24.3 Å². The Hall–Kier alpha value is -2.50. The van der Waals surface area contributed by atoms with Gasteiger partial charge in [-0.1, -0.05) is 0 Å². The quantitative estimate of drug-likeness (QED) is 0.755. The van der Waals surface area contributed by atoms with E-state index in [2.05, 4.69) is 10.4 Å². The molecule has 2 rings (SSSR count). The van der Waals surface area contributed by atoms with Gasteiger partial charge < -0.3 is 14.8 Å². The third-order valence-electron chi connectivity index (χ3n) is 3.66. The fraction of sp³-hybridized carbons (Fsp3) is 0.444. The van der Waals surface area contributed by atoms with Gasteiger partial charge in [0.2, 0.25) is 0 Å². The minimum atomic E-state index is -0.121. The van der Waals surface area contributed by atoms with Crippen molar-refractivity contribution in [2.45, 2.75) is 33.7 Å². The highest BCUT2D eigenvalue weighted by molar-refractivity contribution is 5.94. The molecule has 0 spiro atoms. The highest BCUT2D eigenvalue weighted by atomic mass is 16.5. The molecule has 1 aromatic heterocycles. The normalized spacial score (nSPS) is 10.5. The SMILES string of the molecule is CCOc1ccc(C(=O)NCCCn2nc(C)cc2C)cc1OC. The Kier molecular flexibility index (Phi) is 6.23. The summed E-state index contributed by atoms with van der Waals surface area (Å²) in [6.45, 7) is 7.84. The van der Waals surface area contributed by atoms with Gasteiger partial charge in [0, 0.05) is 24.3 Å². The number of nitrogens with zero attached hydrogens (tertiary/aromatic N) is 2. The number of hydrogen-bond donors (Lipinski definition) is 1. The van der Waals surface area contributed by atoms with Gasteiger partial charge in [-0.25, -0.2) is 0 Å². The van der Waals surface area contributed by atoms with Crippen molar-refractivity contribution in [2.24, 2.45) is 0 Å². The summed E-state index contributed by atoms with van der Waals surface area (Å²) in [5.74, 6) is 1.08. The number of amides is 1. The van der Waals surface area contributed by atoms with Gasteiger partial charge in [0.05, 0.1) is 19.4 Å². The molecule has 1 aromatic carbocycles. The fourth-order valence-corrected chi connectivity index (χ4v) is 2.52. The summed E-state index contributed by atoms with van der Waals surface area (Å²) in [4.78, 5) is 12.2. The summed E-state index contributed by atoms with van der Waals surface area (Å²) in [7, 11) is 1.56. The largest absolute Gasteiger partial charge is 0.493 e. The lowest BCUT2D eigenvalue weighted by Gasteiger charge is -2.11. The molecule has 0 fully saturated rings. The second-order valence-electron chi connectivity index (χ2n) is 5.56. The average Bonchev–Trinajstić information content (AvgIpc) is 2.89. The van der Waals surface area contributed by atoms with E-state index in [1.165, 1.54) is 0 Å². The van der Waals surface area contributed by atoms with E-state index >= 15 is 0 Å². The molecular weight excluding hydrogens is 306 g/mol. The predicted octanol–water partition coefficient (Wildman–Crippen LogP) is 2.73. The predicted molar refractivity (Wildman–Crippen MR) is 92.8 cm³/mol. The number of nitrogens with one attached hydrogen (secondary N) is 1. The number of aryl methyl sites for hydroxylation is 3. The molecule has 0 atom stereocenters. The molecule has 0 radical (unpaired) electrons. The first-order valence-corrected chi connectivity index (χ1v) is 8.15. The number of ether oxygens (including phenoxy) is 2. The molecule has 0 unspecified atom stereocenters. The third-order valence-corrected chi connectivity index (χ3v) is 3.66. The molecule has 24 heavy (non-hydrogen) atoms. The van der Waals surface area contributed by atoms with E-state index < -0.39 is 0 Å². The van der Waals surface area contributed by atoms with Crippen molar-refractivity contribution < 1.29 is 14.3 Å². The number of rotatable bonds is 8. The summed E-state index contributed by atoms with van der Waals surface area (Å²) < 4.78 is 12.7. The van der Waals surface area contributed by atoms with E-state index in [1.807, 2.05) is 31.5 Å². The number of hydrogen-bond acceptors (Lipinski definition) is 4. The van der Waals surface area contributed by atoms with Crippen molar-refractivity contribution in [1.29, 1.82) is 0 Å². The van der Waals surface area contributed by atoms with E-state index in [9.17, 15) is 4.79 Å². The molecule has 0 saturated heterocycles. The van der Waals surface area contributed by atoms with Gasteiger partial charge in [-0.2, -0.15) is 5.10 Å². The van der Waals surface area contributed by atoms with Crippen molar-refractivity contribution >= 4 is 5.91 Å². The van der Waals surface area contributed by atoms with Crippen LogP contribution in [0, 0.1) is 13.8 Å². The number of methoxy groups -OCH3 is 1. The van der Waals surface area contributed by atoms with E-state index in [1.54, 1.807) is 25.3 Å². The molecule has 0 aliphatic heterocycles. The zero-order chi connectivity index (χ0) is 17.5. The average molecular weight is 331 g/mol. The van der Waals surface area contributed by atoms with Gasteiger partial charge in [0.25, 0.3) is 5.91 Å². The topological polar surface area (TPSA) is 65.4 Å². The lowest BCUT2D eigenvalue weighted by atomic mass is 10.2. The maximum atomic E-state index is 12.2. The zero-order valence-electron chi connectivity index (χ0n) is 14.8. The van der Waals surface area contributed by atoms with Gasteiger partial charge in [-0.3, -0.25) is 9.48 Å². The molecule has 1 amide bonds. The highest BCUT2D eigenvalue weighted by Crippen LogP contribution is 2.27.